The number of rotatable bonds is 27. The lowest BCUT2D eigenvalue weighted by Crippen LogP contribution is -2.56. The Morgan fingerprint density at radius 3 is 2.10 bits per heavy atom. The van der Waals surface area contributed by atoms with Crippen LogP contribution < -0.4 is 26.6 Å². The monoisotopic (exact) mass is 1040 g/mol. The molecule has 3 heterocycles. The van der Waals surface area contributed by atoms with Gasteiger partial charge in [0.15, 0.2) is 5.78 Å². The number of unbranched alkanes of at least 4 members (excludes halogenated alkanes) is 3. The van der Waals surface area contributed by atoms with Crippen molar-refractivity contribution in [2.75, 3.05) is 45.0 Å². The molecule has 5 N–H and O–H groups in total. The zero-order valence-electron chi connectivity index (χ0n) is 43.0. The first-order valence-corrected chi connectivity index (χ1v) is 28.6. The molecule has 16 heteroatoms. The van der Waals surface area contributed by atoms with Gasteiger partial charge in [-0.15, -0.1) is 23.5 Å². The quantitative estimate of drug-likeness (QED) is 0.0429. The second-order valence-corrected chi connectivity index (χ2v) is 24.4. The summed E-state index contributed by atoms with van der Waals surface area (Å²) < 4.78 is 12.5. The van der Waals surface area contributed by atoms with E-state index in [0.717, 1.165) is 66.1 Å². The number of hydrogen-bond donors (Lipinski definition) is 5. The number of thioether (sulfide) groups is 2. The fourth-order valence-corrected chi connectivity index (χ4v) is 13.2. The Morgan fingerprint density at radius 1 is 0.857 bits per heavy atom. The summed E-state index contributed by atoms with van der Waals surface area (Å²) in [6.07, 6.45) is 8.06. The number of fused-ring (bicyclic) bond motifs is 1. The van der Waals surface area contributed by atoms with Crippen LogP contribution in [0.3, 0.4) is 0 Å². The Hall–Kier alpha value is -3.12. The highest BCUT2D eigenvalue weighted by molar-refractivity contribution is 8.00. The first kappa shape index (κ1) is 57.8. The van der Waals surface area contributed by atoms with Crippen LogP contribution in [-0.4, -0.2) is 118 Å². The second-order valence-electron chi connectivity index (χ2n) is 21.0. The van der Waals surface area contributed by atoms with Gasteiger partial charge in [0.1, 0.15) is 12.1 Å². The molecule has 3 fully saturated rings. The van der Waals surface area contributed by atoms with Gasteiger partial charge in [-0.1, -0.05) is 139 Å². The highest BCUT2D eigenvalue weighted by Crippen LogP contribution is 2.47. The lowest BCUT2D eigenvalue weighted by Gasteiger charge is -2.35. The lowest BCUT2D eigenvalue weighted by molar-refractivity contribution is -0.141. The smallest absolute Gasteiger partial charge is 0.246 e. The van der Waals surface area contributed by atoms with Crippen molar-refractivity contribution in [3.05, 3.63) is 71.8 Å². The summed E-state index contributed by atoms with van der Waals surface area (Å²) in [4.78, 5) is 58.7. The van der Waals surface area contributed by atoms with Crippen molar-refractivity contribution in [2.24, 2.45) is 16.7 Å². The molecule has 0 spiro atoms. The molecule has 3 amide bonds. The van der Waals surface area contributed by atoms with Gasteiger partial charge in [0.25, 0.3) is 0 Å². The molecule has 2 aromatic carbocycles. The number of hydrogen-bond acceptors (Lipinski definition) is 11. The van der Waals surface area contributed by atoms with Crippen LogP contribution in [0.1, 0.15) is 142 Å². The fraction of sp³-hybridized carbons (Fsp3) is 0.667. The maximum Gasteiger partial charge on any atom is 0.246 e. The summed E-state index contributed by atoms with van der Waals surface area (Å²) >= 11 is 14.7. The van der Waals surface area contributed by atoms with Crippen molar-refractivity contribution in [3.63, 3.8) is 0 Å². The van der Waals surface area contributed by atoms with Crippen LogP contribution >= 0.6 is 48.0 Å². The first-order valence-electron chi connectivity index (χ1n) is 25.6. The predicted molar refractivity (Wildman–Crippen MR) is 295 cm³/mol. The van der Waals surface area contributed by atoms with Gasteiger partial charge in [0, 0.05) is 37.9 Å². The molecule has 12 nitrogen and oxygen atoms in total. The van der Waals surface area contributed by atoms with E-state index in [9.17, 15) is 19.2 Å². The minimum Gasteiger partial charge on any atom is -0.381 e. The van der Waals surface area contributed by atoms with E-state index in [1.165, 1.54) is 0 Å². The van der Waals surface area contributed by atoms with Gasteiger partial charge in [-0.3, -0.25) is 19.2 Å². The topological polar surface area (TPSA) is 150 Å². The molecule has 0 radical (unpaired) electrons. The number of Topliss-reactive ketones (excluding diaryl/α,β-unsaturated/α-hetero) is 1. The number of ketones is 1. The van der Waals surface area contributed by atoms with Crippen LogP contribution in [0, 0.1) is 16.7 Å². The standard InChI is InChI=1S/C54H82N6O6S4/c1-9-36(2)50(67)57-41-24-28-69-46(59-49(41)63)32-53(4,5)31-45(62)56-43(39-22-16-13-17-23-39)35-66-27-19-11-10-18-26-65-34-40(38-20-14-12-15-21-38)30-44(61)48-54(6,7)33-47-60(48)52(64)42(25-29-70-47)58-51(68)37(3)55-8/h12-17,20-23,36-37,40-43,46-48,55H,9-11,18-19,24-35H2,1-8H3,(H,56,62)(H,57,67)(H,58,68)(H,59,63)/t36-,37+,40-,41+,42+,43-,46+,47+,48-/m1/s1. The molecule has 70 heavy (non-hydrogen) atoms. The molecule has 3 saturated heterocycles. The number of benzene rings is 2. The largest absolute Gasteiger partial charge is 0.381 e. The highest BCUT2D eigenvalue weighted by Gasteiger charge is 2.54. The van der Waals surface area contributed by atoms with Crippen molar-refractivity contribution < 1.29 is 28.7 Å². The minimum atomic E-state index is -0.529. The van der Waals surface area contributed by atoms with E-state index < -0.39 is 12.1 Å². The molecule has 0 aliphatic carbocycles. The third kappa shape index (κ3) is 17.5. The van der Waals surface area contributed by atoms with Crippen molar-refractivity contribution in [1.29, 1.82) is 0 Å². The maximum atomic E-state index is 14.5. The molecule has 5 rings (SSSR count). The lowest BCUT2D eigenvalue weighted by atomic mass is 9.79. The van der Waals surface area contributed by atoms with E-state index >= 15 is 0 Å². The molecule has 0 saturated carbocycles. The Kier molecular flexibility index (Phi) is 23.4. The predicted octanol–water partition coefficient (Wildman–Crippen LogP) is 8.88. The number of nitrogens with one attached hydrogen (secondary N) is 5. The van der Waals surface area contributed by atoms with Gasteiger partial charge in [0.2, 0.25) is 17.7 Å². The maximum absolute atomic E-state index is 14.5. The van der Waals surface area contributed by atoms with Gasteiger partial charge >= 0.3 is 0 Å². The molecule has 3 aliphatic heterocycles. The van der Waals surface area contributed by atoms with E-state index in [4.69, 9.17) is 33.9 Å². The van der Waals surface area contributed by atoms with E-state index in [1.54, 1.807) is 23.5 Å². The number of nitrogens with zero attached hydrogens (tertiary/aromatic N) is 1. The minimum absolute atomic E-state index is 0.0352. The summed E-state index contributed by atoms with van der Waals surface area (Å²) in [7, 11) is 1.85. The van der Waals surface area contributed by atoms with Crippen LogP contribution in [0.5, 0.6) is 0 Å². The molecule has 0 unspecified atom stereocenters. The normalized spacial score (nSPS) is 23.1. The van der Waals surface area contributed by atoms with Crippen LogP contribution in [0.4, 0.5) is 0 Å². The highest BCUT2D eigenvalue weighted by atomic mass is 32.2. The molecule has 388 valence electrons. The third-order valence-electron chi connectivity index (χ3n) is 14.0. The summed E-state index contributed by atoms with van der Waals surface area (Å²) in [5, 5.41) is 16.1. The molecule has 2 aromatic rings. The SMILES string of the molecule is CC[C@@H](C)C(=S)N[C@H]1CCS[C@@H](CC(C)(C)CC(=O)N[C@H](COCCCCCCOC[C@@H](CC(=O)[C@H]2N3C(=O)[C@@H](NC(=S)[C@H](C)NC)CCS[C@H]3CC2(C)C)c2ccccc2)c2ccccc2)NC1=O. The Labute approximate surface area is 438 Å². The molecule has 9 atom stereocenters. The van der Waals surface area contributed by atoms with E-state index in [-0.39, 0.29) is 75.0 Å². The average molecular weight is 1040 g/mol. The molecular formula is C54H82N6O6S4. The van der Waals surface area contributed by atoms with Gasteiger partial charge in [-0.05, 0) is 92.4 Å². The molecule has 0 bridgehead atoms. The van der Waals surface area contributed by atoms with Crippen molar-refractivity contribution in [2.45, 2.75) is 166 Å². The number of carbonyl (C=O) groups excluding carboxylic acids is 4. The Bertz CT molecular complexity index is 2010. The zero-order valence-corrected chi connectivity index (χ0v) is 46.3. The first-order chi connectivity index (χ1) is 33.4. The number of likely N-dealkylation sites (N-methyl/N-ethyl adjacent to an activating group) is 1. The van der Waals surface area contributed by atoms with Gasteiger partial charge in [-0.25, -0.2) is 0 Å². The van der Waals surface area contributed by atoms with Crippen LogP contribution in [0.25, 0.3) is 0 Å². The van der Waals surface area contributed by atoms with E-state index in [2.05, 4.69) is 80.3 Å². The van der Waals surface area contributed by atoms with E-state index in [1.807, 2.05) is 67.4 Å². The average Bonchev–Trinajstić information content (AvgIpc) is 3.38. The summed E-state index contributed by atoms with van der Waals surface area (Å²) in [6.45, 7) is 16.5. The fourth-order valence-electron chi connectivity index (χ4n) is 9.60. The Morgan fingerprint density at radius 2 is 1.46 bits per heavy atom. The Balaban J connectivity index is 1.05. The molecular weight excluding hydrogens is 957 g/mol. The van der Waals surface area contributed by atoms with Crippen molar-refractivity contribution in [1.82, 2.24) is 31.5 Å². The number of amides is 3. The van der Waals surface area contributed by atoms with Gasteiger partial charge in [0.05, 0.1) is 52.1 Å². The van der Waals surface area contributed by atoms with Crippen LogP contribution in [0.15, 0.2) is 60.7 Å². The summed E-state index contributed by atoms with van der Waals surface area (Å²) in [6, 6.07) is 18.4. The van der Waals surface area contributed by atoms with Crippen LogP contribution in [-0.2, 0) is 28.7 Å². The summed E-state index contributed by atoms with van der Waals surface area (Å²) in [5.41, 5.74) is 1.33. The number of carbonyl (C=O) groups is 4. The molecule has 3 aliphatic rings. The van der Waals surface area contributed by atoms with Gasteiger partial charge in [-0.2, -0.15) is 0 Å². The number of thiocarbonyl (C=S) groups is 2. The van der Waals surface area contributed by atoms with Crippen LogP contribution in [0.2, 0.25) is 0 Å². The van der Waals surface area contributed by atoms with Crippen molar-refractivity contribution >= 4 is 81.4 Å². The number of ether oxygens (including phenoxy) is 2. The summed E-state index contributed by atoms with van der Waals surface area (Å²) in [5.74, 6) is 1.69. The zero-order chi connectivity index (χ0) is 50.8. The van der Waals surface area contributed by atoms with Gasteiger partial charge < -0.3 is 41.0 Å². The van der Waals surface area contributed by atoms with E-state index in [0.29, 0.717) is 63.5 Å². The van der Waals surface area contributed by atoms with Crippen molar-refractivity contribution in [3.8, 4) is 0 Å². The third-order valence-corrected chi connectivity index (χ3v) is 17.4. The second kappa shape index (κ2) is 28.4. The molecule has 0 aromatic heterocycles.